The number of fused-ring (bicyclic) bond motifs is 2. The molecule has 4 unspecified atom stereocenters. The van der Waals surface area contributed by atoms with Gasteiger partial charge >= 0.3 is 0 Å². The van der Waals surface area contributed by atoms with Gasteiger partial charge in [-0.1, -0.05) is 12.1 Å². The lowest BCUT2D eigenvalue weighted by atomic mass is 9.85. The fourth-order valence-corrected chi connectivity index (χ4v) is 4.58. The summed E-state index contributed by atoms with van der Waals surface area (Å²) in [5.41, 5.74) is 0. The van der Waals surface area contributed by atoms with E-state index in [9.17, 15) is 14.3 Å². The number of nitrogens with one attached hydrogen (secondary N) is 1. The lowest BCUT2D eigenvalue weighted by Crippen LogP contribution is -2.45. The van der Waals surface area contributed by atoms with Crippen LogP contribution >= 0.6 is 11.8 Å². The van der Waals surface area contributed by atoms with Crippen molar-refractivity contribution >= 4 is 17.7 Å². The Hall–Kier alpha value is -1.07. The lowest BCUT2D eigenvalue weighted by Gasteiger charge is -2.30. The number of carbonyl (C=O) groups excluding carboxylic acids is 1. The van der Waals surface area contributed by atoms with E-state index in [-0.39, 0.29) is 36.0 Å². The summed E-state index contributed by atoms with van der Waals surface area (Å²) in [4.78, 5) is 12.6. The summed E-state index contributed by atoms with van der Waals surface area (Å²) in [7, 11) is 0. The zero-order valence-electron chi connectivity index (χ0n) is 11.8. The van der Waals surface area contributed by atoms with Crippen LogP contribution in [0.4, 0.5) is 4.39 Å². The van der Waals surface area contributed by atoms with Gasteiger partial charge in [-0.15, -0.1) is 11.8 Å². The van der Waals surface area contributed by atoms with Crippen LogP contribution in [-0.2, 0) is 4.79 Å². The molecule has 2 saturated carbocycles. The predicted molar refractivity (Wildman–Crippen MR) is 80.5 cm³/mol. The normalized spacial score (nSPS) is 30.6. The molecule has 114 valence electrons. The van der Waals surface area contributed by atoms with Crippen molar-refractivity contribution < 1.29 is 14.3 Å². The monoisotopic (exact) mass is 309 g/mol. The van der Waals surface area contributed by atoms with Crippen LogP contribution in [0.3, 0.4) is 0 Å². The van der Waals surface area contributed by atoms with Crippen LogP contribution in [0.2, 0.25) is 0 Å². The van der Waals surface area contributed by atoms with Gasteiger partial charge in [0.2, 0.25) is 5.91 Å². The Morgan fingerprint density at radius 2 is 2.10 bits per heavy atom. The maximum Gasteiger partial charge on any atom is 0.230 e. The van der Waals surface area contributed by atoms with Gasteiger partial charge < -0.3 is 10.4 Å². The number of hydrogen-bond donors (Lipinski definition) is 2. The van der Waals surface area contributed by atoms with Crippen LogP contribution in [-0.4, -0.2) is 29.4 Å². The van der Waals surface area contributed by atoms with Crippen LogP contribution < -0.4 is 5.32 Å². The number of halogens is 1. The highest BCUT2D eigenvalue weighted by Gasteiger charge is 2.47. The summed E-state index contributed by atoms with van der Waals surface area (Å²) < 4.78 is 13.5. The third kappa shape index (κ3) is 3.09. The van der Waals surface area contributed by atoms with Gasteiger partial charge in [0.05, 0.1) is 5.75 Å². The Morgan fingerprint density at radius 3 is 2.86 bits per heavy atom. The Kier molecular flexibility index (Phi) is 4.50. The number of hydrogen-bond acceptors (Lipinski definition) is 3. The first-order valence-electron chi connectivity index (χ1n) is 7.46. The Morgan fingerprint density at radius 1 is 1.33 bits per heavy atom. The molecule has 5 heteroatoms. The molecule has 1 aromatic carbocycles. The van der Waals surface area contributed by atoms with E-state index in [0.29, 0.717) is 16.7 Å². The first-order valence-corrected chi connectivity index (χ1v) is 8.45. The van der Waals surface area contributed by atoms with Crippen molar-refractivity contribution in [2.75, 3.05) is 12.4 Å². The molecule has 0 spiro atoms. The van der Waals surface area contributed by atoms with Gasteiger partial charge in [-0.25, -0.2) is 4.39 Å². The molecular formula is C16H20FNO2S. The van der Waals surface area contributed by atoms with Crippen LogP contribution in [0.5, 0.6) is 0 Å². The van der Waals surface area contributed by atoms with Crippen molar-refractivity contribution in [3.63, 3.8) is 0 Å². The highest BCUT2D eigenvalue weighted by atomic mass is 32.2. The predicted octanol–water partition coefficient (Wildman–Crippen LogP) is 2.44. The second-order valence-corrected chi connectivity index (χ2v) is 7.01. The second kappa shape index (κ2) is 6.36. The minimum atomic E-state index is -0.288. The number of aliphatic hydroxyl groups is 1. The quantitative estimate of drug-likeness (QED) is 0.821. The van der Waals surface area contributed by atoms with E-state index in [1.54, 1.807) is 18.2 Å². The van der Waals surface area contributed by atoms with Crippen molar-refractivity contribution in [3.05, 3.63) is 30.1 Å². The molecular weight excluding hydrogens is 289 g/mol. The topological polar surface area (TPSA) is 49.3 Å². The van der Waals surface area contributed by atoms with Crippen molar-refractivity contribution in [2.45, 2.75) is 30.2 Å². The third-order valence-electron chi connectivity index (χ3n) is 4.82. The zero-order chi connectivity index (χ0) is 14.8. The van der Waals surface area contributed by atoms with Crippen molar-refractivity contribution in [2.24, 2.45) is 17.8 Å². The number of amides is 1. The molecule has 0 saturated heterocycles. The number of rotatable bonds is 5. The maximum absolute atomic E-state index is 13.5. The first-order chi connectivity index (χ1) is 10.2. The average Bonchev–Trinajstić information content (AvgIpc) is 3.07. The van der Waals surface area contributed by atoms with Gasteiger partial charge in [-0.3, -0.25) is 4.79 Å². The molecule has 3 nitrogen and oxygen atoms in total. The van der Waals surface area contributed by atoms with Gasteiger partial charge in [0.15, 0.2) is 0 Å². The molecule has 2 bridgehead atoms. The highest BCUT2D eigenvalue weighted by Crippen LogP contribution is 2.48. The molecule has 2 aliphatic rings. The van der Waals surface area contributed by atoms with E-state index in [4.69, 9.17) is 0 Å². The molecule has 0 aliphatic heterocycles. The highest BCUT2D eigenvalue weighted by molar-refractivity contribution is 8.00. The standard InChI is InChI=1S/C16H20FNO2S/c17-13-3-1-2-4-14(13)21-9-15(20)18-16-11-6-5-10(7-11)12(16)8-19/h1-4,10-12,16,19H,5-9H2,(H,18,20). The van der Waals surface area contributed by atoms with E-state index < -0.39 is 0 Å². The third-order valence-corrected chi connectivity index (χ3v) is 5.87. The van der Waals surface area contributed by atoms with Gasteiger partial charge in [-0.05, 0) is 43.2 Å². The molecule has 2 N–H and O–H groups in total. The Labute approximate surface area is 128 Å². The number of aliphatic hydroxyl groups excluding tert-OH is 1. The Balaban J connectivity index is 1.54. The SMILES string of the molecule is O=C(CSc1ccccc1F)NC1C2CCC(C2)C1CO. The van der Waals surface area contributed by atoms with Gasteiger partial charge in [0.25, 0.3) is 0 Å². The molecule has 0 heterocycles. The van der Waals surface area contributed by atoms with E-state index in [0.717, 1.165) is 12.8 Å². The van der Waals surface area contributed by atoms with Crippen LogP contribution in [0.15, 0.2) is 29.2 Å². The van der Waals surface area contributed by atoms with E-state index >= 15 is 0 Å². The average molecular weight is 309 g/mol. The molecule has 1 aromatic rings. The van der Waals surface area contributed by atoms with Crippen LogP contribution in [0.1, 0.15) is 19.3 Å². The maximum atomic E-state index is 13.5. The second-order valence-electron chi connectivity index (χ2n) is 5.99. The number of thioether (sulfide) groups is 1. The van der Waals surface area contributed by atoms with Crippen molar-refractivity contribution in [1.82, 2.24) is 5.32 Å². The van der Waals surface area contributed by atoms with E-state index in [2.05, 4.69) is 5.32 Å². The molecule has 2 fully saturated rings. The largest absolute Gasteiger partial charge is 0.396 e. The van der Waals surface area contributed by atoms with Gasteiger partial charge in [0, 0.05) is 23.5 Å². The molecule has 0 radical (unpaired) electrons. The summed E-state index contributed by atoms with van der Waals surface area (Å²) in [5, 5.41) is 12.6. The van der Waals surface area contributed by atoms with Gasteiger partial charge in [0.1, 0.15) is 5.82 Å². The number of carbonyl (C=O) groups is 1. The summed E-state index contributed by atoms with van der Waals surface area (Å²) in [5.74, 6) is 1.13. The van der Waals surface area contributed by atoms with Gasteiger partial charge in [-0.2, -0.15) is 0 Å². The fourth-order valence-electron chi connectivity index (χ4n) is 3.83. The molecule has 21 heavy (non-hydrogen) atoms. The summed E-state index contributed by atoms with van der Waals surface area (Å²) >= 11 is 1.22. The Bertz CT molecular complexity index is 525. The first kappa shape index (κ1) is 14.9. The van der Waals surface area contributed by atoms with Crippen molar-refractivity contribution in [1.29, 1.82) is 0 Å². The molecule has 2 aliphatic carbocycles. The summed E-state index contributed by atoms with van der Waals surface area (Å²) in [6.45, 7) is 0.145. The molecule has 0 aromatic heterocycles. The minimum Gasteiger partial charge on any atom is -0.396 e. The van der Waals surface area contributed by atoms with Crippen molar-refractivity contribution in [3.8, 4) is 0 Å². The van der Waals surface area contributed by atoms with Crippen LogP contribution in [0, 0.1) is 23.6 Å². The summed E-state index contributed by atoms with van der Waals surface area (Å²) in [6, 6.07) is 6.59. The molecule has 1 amide bonds. The molecule has 4 atom stereocenters. The fraction of sp³-hybridized carbons (Fsp3) is 0.562. The van der Waals surface area contributed by atoms with Crippen LogP contribution in [0.25, 0.3) is 0 Å². The summed E-state index contributed by atoms with van der Waals surface area (Å²) in [6.07, 6.45) is 3.44. The van der Waals surface area contributed by atoms with E-state index in [1.165, 1.54) is 24.2 Å². The van der Waals surface area contributed by atoms with E-state index in [1.807, 2.05) is 0 Å². The number of benzene rings is 1. The lowest BCUT2D eigenvalue weighted by molar-refractivity contribution is -0.120. The zero-order valence-corrected chi connectivity index (χ0v) is 12.6. The smallest absolute Gasteiger partial charge is 0.230 e. The minimum absolute atomic E-state index is 0.0701. The molecule has 3 rings (SSSR count).